The van der Waals surface area contributed by atoms with E-state index in [-0.39, 0.29) is 23.6 Å². The molecule has 0 bridgehead atoms. The Labute approximate surface area is 205 Å². The van der Waals surface area contributed by atoms with Crippen LogP contribution in [-0.4, -0.2) is 67.8 Å². The lowest BCUT2D eigenvalue weighted by atomic mass is 10.1. The predicted octanol–water partition coefficient (Wildman–Crippen LogP) is 3.73. The molecule has 3 aromatic rings. The van der Waals surface area contributed by atoms with Crippen LogP contribution in [0.2, 0.25) is 0 Å². The Bertz CT molecular complexity index is 1150. The van der Waals surface area contributed by atoms with Crippen molar-refractivity contribution in [2.75, 3.05) is 25.4 Å². The minimum Gasteiger partial charge on any atom is -0.338 e. The number of carbonyl (C=O) groups excluding carboxylic acids is 2. The van der Waals surface area contributed by atoms with Crippen LogP contribution >= 0.6 is 11.8 Å². The zero-order chi connectivity index (χ0) is 24.1. The van der Waals surface area contributed by atoms with E-state index < -0.39 is 0 Å². The number of nitrogens with zero attached hydrogens (tertiary/aromatic N) is 5. The van der Waals surface area contributed by atoms with Gasteiger partial charge < -0.3 is 9.80 Å². The van der Waals surface area contributed by atoms with Gasteiger partial charge in [-0.05, 0) is 37.1 Å². The SMILES string of the molecule is CCC(=O)N1CCN(C(=O)CSc2nnc(Cc3ccccc3)n2-c2cccc(C)c2)CC1C. The maximum atomic E-state index is 13.0. The fourth-order valence-electron chi connectivity index (χ4n) is 4.29. The van der Waals surface area contributed by atoms with Crippen molar-refractivity contribution >= 4 is 23.6 Å². The summed E-state index contributed by atoms with van der Waals surface area (Å²) in [5, 5.41) is 9.64. The maximum Gasteiger partial charge on any atom is 0.233 e. The highest BCUT2D eigenvalue weighted by Gasteiger charge is 2.29. The van der Waals surface area contributed by atoms with Gasteiger partial charge in [-0.1, -0.05) is 61.2 Å². The number of amides is 2. The molecule has 178 valence electrons. The monoisotopic (exact) mass is 477 g/mol. The van der Waals surface area contributed by atoms with Crippen molar-refractivity contribution in [2.24, 2.45) is 0 Å². The number of aryl methyl sites for hydroxylation is 1. The molecule has 1 aromatic heterocycles. The van der Waals surface area contributed by atoms with Gasteiger partial charge in [-0.2, -0.15) is 0 Å². The van der Waals surface area contributed by atoms with Crippen LogP contribution in [0.4, 0.5) is 0 Å². The van der Waals surface area contributed by atoms with E-state index in [0.29, 0.717) is 37.6 Å². The quantitative estimate of drug-likeness (QED) is 0.485. The van der Waals surface area contributed by atoms with Gasteiger partial charge in [-0.25, -0.2) is 0 Å². The first kappa shape index (κ1) is 24.0. The van der Waals surface area contributed by atoms with Crippen LogP contribution in [0.25, 0.3) is 5.69 Å². The van der Waals surface area contributed by atoms with Gasteiger partial charge in [0.05, 0.1) is 5.75 Å². The van der Waals surface area contributed by atoms with Crippen molar-refractivity contribution in [1.82, 2.24) is 24.6 Å². The number of thioether (sulfide) groups is 1. The largest absolute Gasteiger partial charge is 0.338 e. The van der Waals surface area contributed by atoms with Gasteiger partial charge in [0.2, 0.25) is 11.8 Å². The minimum absolute atomic E-state index is 0.0311. The summed E-state index contributed by atoms with van der Waals surface area (Å²) in [6.07, 6.45) is 1.15. The Morgan fingerprint density at radius 2 is 1.82 bits per heavy atom. The molecular formula is C26H31N5O2S. The van der Waals surface area contributed by atoms with Crippen LogP contribution in [0.3, 0.4) is 0 Å². The first-order chi connectivity index (χ1) is 16.5. The topological polar surface area (TPSA) is 71.3 Å². The molecule has 1 unspecified atom stereocenters. The van der Waals surface area contributed by atoms with E-state index >= 15 is 0 Å². The second kappa shape index (κ2) is 10.9. The van der Waals surface area contributed by atoms with Crippen molar-refractivity contribution in [1.29, 1.82) is 0 Å². The third-order valence-electron chi connectivity index (χ3n) is 6.09. The Morgan fingerprint density at radius 3 is 2.53 bits per heavy atom. The third-order valence-corrected chi connectivity index (χ3v) is 7.01. The lowest BCUT2D eigenvalue weighted by molar-refractivity contribution is -0.141. The number of aromatic nitrogens is 3. The number of rotatable bonds is 7. The molecule has 0 radical (unpaired) electrons. The Hall–Kier alpha value is -3.13. The lowest BCUT2D eigenvalue weighted by Crippen LogP contribution is -2.55. The molecule has 8 heteroatoms. The molecule has 0 spiro atoms. The molecule has 2 aromatic carbocycles. The molecule has 0 N–H and O–H groups in total. The lowest BCUT2D eigenvalue weighted by Gasteiger charge is -2.39. The van der Waals surface area contributed by atoms with Crippen LogP contribution in [0, 0.1) is 6.92 Å². The van der Waals surface area contributed by atoms with E-state index in [2.05, 4.69) is 46.0 Å². The highest BCUT2D eigenvalue weighted by Crippen LogP contribution is 2.25. The molecule has 7 nitrogen and oxygen atoms in total. The molecule has 1 aliphatic heterocycles. The Balaban J connectivity index is 1.49. The van der Waals surface area contributed by atoms with Crippen molar-refractivity contribution in [3.8, 4) is 5.69 Å². The number of hydrogen-bond acceptors (Lipinski definition) is 5. The normalized spacial score (nSPS) is 16.0. The minimum atomic E-state index is 0.0311. The smallest absolute Gasteiger partial charge is 0.233 e. The van der Waals surface area contributed by atoms with E-state index in [1.165, 1.54) is 11.8 Å². The summed E-state index contributed by atoms with van der Waals surface area (Å²) < 4.78 is 2.05. The fourth-order valence-corrected chi connectivity index (χ4v) is 5.16. The zero-order valence-electron chi connectivity index (χ0n) is 20.0. The number of carbonyl (C=O) groups is 2. The summed E-state index contributed by atoms with van der Waals surface area (Å²) in [6, 6.07) is 18.5. The highest BCUT2D eigenvalue weighted by molar-refractivity contribution is 7.99. The van der Waals surface area contributed by atoms with Crippen molar-refractivity contribution < 1.29 is 9.59 Å². The molecule has 34 heavy (non-hydrogen) atoms. The van der Waals surface area contributed by atoms with Gasteiger partial charge >= 0.3 is 0 Å². The summed E-state index contributed by atoms with van der Waals surface area (Å²) in [5.41, 5.74) is 3.30. The molecule has 1 atom stereocenters. The zero-order valence-corrected chi connectivity index (χ0v) is 20.8. The van der Waals surface area contributed by atoms with Crippen LogP contribution in [0.15, 0.2) is 59.8 Å². The summed E-state index contributed by atoms with van der Waals surface area (Å²) >= 11 is 1.41. The van der Waals surface area contributed by atoms with E-state index in [1.807, 2.05) is 54.0 Å². The Morgan fingerprint density at radius 1 is 1.03 bits per heavy atom. The Kier molecular flexibility index (Phi) is 7.67. The van der Waals surface area contributed by atoms with Gasteiger partial charge in [-0.3, -0.25) is 14.2 Å². The second-order valence-corrected chi connectivity index (χ2v) is 9.60. The van der Waals surface area contributed by atoms with E-state index in [0.717, 1.165) is 22.6 Å². The number of benzene rings is 2. The van der Waals surface area contributed by atoms with E-state index in [9.17, 15) is 9.59 Å². The predicted molar refractivity (Wildman–Crippen MR) is 134 cm³/mol. The van der Waals surface area contributed by atoms with Gasteiger partial charge in [-0.15, -0.1) is 10.2 Å². The summed E-state index contributed by atoms with van der Waals surface area (Å²) in [6.45, 7) is 7.66. The van der Waals surface area contributed by atoms with Crippen molar-refractivity contribution in [3.63, 3.8) is 0 Å². The molecule has 0 saturated carbocycles. The van der Waals surface area contributed by atoms with Crippen LogP contribution in [-0.2, 0) is 16.0 Å². The summed E-state index contributed by atoms with van der Waals surface area (Å²) in [7, 11) is 0. The highest BCUT2D eigenvalue weighted by atomic mass is 32.2. The van der Waals surface area contributed by atoms with Gasteiger partial charge in [0.15, 0.2) is 5.16 Å². The summed E-state index contributed by atoms with van der Waals surface area (Å²) in [4.78, 5) is 28.8. The molecular weight excluding hydrogens is 446 g/mol. The van der Waals surface area contributed by atoms with Crippen LogP contribution < -0.4 is 0 Å². The first-order valence-electron chi connectivity index (χ1n) is 11.7. The van der Waals surface area contributed by atoms with E-state index in [1.54, 1.807) is 0 Å². The summed E-state index contributed by atoms with van der Waals surface area (Å²) in [5.74, 6) is 1.33. The molecule has 4 rings (SSSR count). The standard InChI is InChI=1S/C26H31N5O2S/c1-4-24(32)30-14-13-29(17-20(30)3)25(33)18-34-26-28-27-23(16-21-10-6-5-7-11-21)31(26)22-12-8-9-19(2)15-22/h5-12,15,20H,4,13-14,16-18H2,1-3H3. The van der Waals surface area contributed by atoms with Crippen LogP contribution in [0.5, 0.6) is 0 Å². The molecule has 1 aliphatic rings. The first-order valence-corrected chi connectivity index (χ1v) is 12.7. The molecule has 1 saturated heterocycles. The van der Waals surface area contributed by atoms with Crippen molar-refractivity contribution in [3.05, 3.63) is 71.5 Å². The average Bonchev–Trinajstić information content (AvgIpc) is 3.24. The molecule has 0 aliphatic carbocycles. The van der Waals surface area contributed by atoms with Gasteiger partial charge in [0.1, 0.15) is 5.82 Å². The number of piperazine rings is 1. The van der Waals surface area contributed by atoms with E-state index in [4.69, 9.17) is 0 Å². The van der Waals surface area contributed by atoms with Crippen molar-refractivity contribution in [2.45, 2.75) is 44.8 Å². The molecule has 2 heterocycles. The average molecular weight is 478 g/mol. The van der Waals surface area contributed by atoms with Gasteiger partial charge in [0.25, 0.3) is 0 Å². The molecule has 2 amide bonds. The third kappa shape index (κ3) is 5.50. The molecule has 1 fully saturated rings. The second-order valence-electron chi connectivity index (χ2n) is 8.65. The maximum absolute atomic E-state index is 13.0. The van der Waals surface area contributed by atoms with Gasteiger partial charge in [0, 0.05) is 44.2 Å². The number of hydrogen-bond donors (Lipinski definition) is 0. The fraction of sp³-hybridized carbons (Fsp3) is 0.385. The van der Waals surface area contributed by atoms with Crippen LogP contribution in [0.1, 0.15) is 37.2 Å².